The molecule has 0 radical (unpaired) electrons. The fourth-order valence-corrected chi connectivity index (χ4v) is 4.06. The van der Waals surface area contributed by atoms with E-state index in [1.165, 1.54) is 18.2 Å². The number of likely N-dealkylation sites (tertiary alicyclic amines) is 1. The van der Waals surface area contributed by atoms with Gasteiger partial charge in [0.25, 0.3) is 0 Å². The molecule has 1 aromatic heterocycles. The van der Waals surface area contributed by atoms with Crippen molar-refractivity contribution in [1.29, 1.82) is 0 Å². The summed E-state index contributed by atoms with van der Waals surface area (Å²) in [7, 11) is 1.60. The maximum atomic E-state index is 13.4. The third kappa shape index (κ3) is 6.05. The van der Waals surface area contributed by atoms with Crippen molar-refractivity contribution in [2.75, 3.05) is 33.4 Å². The fourth-order valence-electron chi connectivity index (χ4n) is 4.06. The van der Waals surface area contributed by atoms with Crippen LogP contribution in [0.15, 0.2) is 60.9 Å². The maximum absolute atomic E-state index is 13.4. The molecule has 0 saturated carbocycles. The van der Waals surface area contributed by atoms with Crippen LogP contribution >= 0.6 is 0 Å². The van der Waals surface area contributed by atoms with E-state index in [9.17, 15) is 14.6 Å². The van der Waals surface area contributed by atoms with E-state index < -0.39 is 17.5 Å². The SMILES string of the molecule is COc1ccc(CN2CC[C@H](O)[C@@](O)(COc3cccc(F)c3)C2)cc1OCCn1cccn1. The standard InChI is InChI=1S/C25H30FN3O5/c1-32-22-7-6-19(14-23(22)33-13-12-29-10-3-9-27-29)16-28-11-8-24(30)25(31,17-28)18-34-21-5-2-4-20(26)15-21/h2-7,9-10,14-15,24,30-31H,8,11-13,16-18H2,1H3/t24-,25-/m0/s1. The van der Waals surface area contributed by atoms with E-state index in [-0.39, 0.29) is 13.2 Å². The van der Waals surface area contributed by atoms with Crippen molar-refractivity contribution >= 4 is 0 Å². The number of nitrogens with zero attached hydrogens (tertiary/aromatic N) is 3. The zero-order chi connectivity index (χ0) is 24.0. The number of benzene rings is 2. The quantitative estimate of drug-likeness (QED) is 0.470. The van der Waals surface area contributed by atoms with Crippen molar-refractivity contribution in [2.24, 2.45) is 0 Å². The Balaban J connectivity index is 1.38. The molecule has 0 amide bonds. The number of aliphatic hydroxyl groups is 2. The average molecular weight is 472 g/mol. The van der Waals surface area contributed by atoms with Crippen molar-refractivity contribution in [1.82, 2.24) is 14.7 Å². The van der Waals surface area contributed by atoms with E-state index in [2.05, 4.69) is 10.00 Å². The number of halogens is 1. The van der Waals surface area contributed by atoms with Crippen LogP contribution in [-0.4, -0.2) is 70.0 Å². The summed E-state index contributed by atoms with van der Waals surface area (Å²) in [4.78, 5) is 2.05. The van der Waals surface area contributed by atoms with Crippen LogP contribution in [-0.2, 0) is 13.1 Å². The molecule has 4 rings (SSSR count). The van der Waals surface area contributed by atoms with Gasteiger partial charge in [-0.25, -0.2) is 4.39 Å². The predicted octanol–water partition coefficient (Wildman–Crippen LogP) is 2.49. The van der Waals surface area contributed by atoms with Crippen LogP contribution in [0.2, 0.25) is 0 Å². The molecule has 1 saturated heterocycles. The summed E-state index contributed by atoms with van der Waals surface area (Å²) in [5, 5.41) is 25.7. The molecule has 1 fully saturated rings. The summed E-state index contributed by atoms with van der Waals surface area (Å²) in [6.07, 6.45) is 3.06. The zero-order valence-corrected chi connectivity index (χ0v) is 19.1. The second-order valence-electron chi connectivity index (χ2n) is 8.47. The maximum Gasteiger partial charge on any atom is 0.161 e. The molecular formula is C25H30FN3O5. The van der Waals surface area contributed by atoms with E-state index in [0.29, 0.717) is 49.9 Å². The topological polar surface area (TPSA) is 89.2 Å². The molecule has 2 heterocycles. The third-order valence-electron chi connectivity index (χ3n) is 5.89. The van der Waals surface area contributed by atoms with Gasteiger partial charge in [-0.05, 0) is 42.3 Å². The molecule has 34 heavy (non-hydrogen) atoms. The van der Waals surface area contributed by atoms with Gasteiger partial charge < -0.3 is 24.4 Å². The Morgan fingerprint density at radius 2 is 2.03 bits per heavy atom. The molecule has 0 aliphatic carbocycles. The number of aliphatic hydroxyl groups excluding tert-OH is 1. The Morgan fingerprint density at radius 3 is 2.79 bits per heavy atom. The number of aromatic nitrogens is 2. The first-order chi connectivity index (χ1) is 16.4. The minimum Gasteiger partial charge on any atom is -0.493 e. The zero-order valence-electron chi connectivity index (χ0n) is 19.1. The number of hydrogen-bond donors (Lipinski definition) is 2. The lowest BCUT2D eigenvalue weighted by Crippen LogP contribution is -2.59. The number of ether oxygens (including phenoxy) is 3. The van der Waals surface area contributed by atoms with Crippen LogP contribution in [0.25, 0.3) is 0 Å². The van der Waals surface area contributed by atoms with Crippen LogP contribution in [0.5, 0.6) is 17.2 Å². The van der Waals surface area contributed by atoms with Crippen molar-refractivity contribution in [3.8, 4) is 17.2 Å². The molecule has 182 valence electrons. The molecule has 9 heteroatoms. The number of hydrogen-bond acceptors (Lipinski definition) is 7. The van der Waals surface area contributed by atoms with Crippen LogP contribution in [0.4, 0.5) is 4.39 Å². The Bertz CT molecular complexity index is 1060. The molecule has 2 atom stereocenters. The summed E-state index contributed by atoms with van der Waals surface area (Å²) in [6, 6.07) is 13.3. The van der Waals surface area contributed by atoms with Gasteiger partial charge in [-0.3, -0.25) is 9.58 Å². The molecule has 2 N–H and O–H groups in total. The van der Waals surface area contributed by atoms with Gasteiger partial charge in [0.2, 0.25) is 0 Å². The summed E-state index contributed by atoms with van der Waals surface area (Å²) < 4.78 is 32.2. The second kappa shape index (κ2) is 10.9. The highest BCUT2D eigenvalue weighted by molar-refractivity contribution is 5.43. The smallest absolute Gasteiger partial charge is 0.161 e. The van der Waals surface area contributed by atoms with Crippen molar-refractivity contribution < 1.29 is 28.8 Å². The Hall–Kier alpha value is -3.14. The Kier molecular flexibility index (Phi) is 7.66. The average Bonchev–Trinajstić information content (AvgIpc) is 3.34. The first-order valence-electron chi connectivity index (χ1n) is 11.2. The van der Waals surface area contributed by atoms with Gasteiger partial charge in [0, 0.05) is 38.1 Å². The lowest BCUT2D eigenvalue weighted by Gasteiger charge is -2.42. The van der Waals surface area contributed by atoms with E-state index in [0.717, 1.165) is 5.56 Å². The normalized spacial score (nSPS) is 20.8. The van der Waals surface area contributed by atoms with Gasteiger partial charge in [0.1, 0.15) is 30.4 Å². The molecule has 8 nitrogen and oxygen atoms in total. The van der Waals surface area contributed by atoms with E-state index in [1.54, 1.807) is 24.1 Å². The van der Waals surface area contributed by atoms with E-state index >= 15 is 0 Å². The summed E-state index contributed by atoms with van der Waals surface area (Å²) in [5.74, 6) is 1.16. The summed E-state index contributed by atoms with van der Waals surface area (Å²) in [5.41, 5.74) is -0.486. The van der Waals surface area contributed by atoms with Gasteiger partial charge in [-0.1, -0.05) is 12.1 Å². The Morgan fingerprint density at radius 1 is 1.15 bits per heavy atom. The molecular weight excluding hydrogens is 441 g/mol. The van der Waals surface area contributed by atoms with Crippen molar-refractivity contribution in [3.63, 3.8) is 0 Å². The van der Waals surface area contributed by atoms with Gasteiger partial charge in [-0.2, -0.15) is 5.10 Å². The van der Waals surface area contributed by atoms with Crippen LogP contribution in [0.3, 0.4) is 0 Å². The van der Waals surface area contributed by atoms with Crippen LogP contribution in [0, 0.1) is 5.82 Å². The largest absolute Gasteiger partial charge is 0.493 e. The number of methoxy groups -OCH3 is 1. The Labute approximate surface area is 198 Å². The van der Waals surface area contributed by atoms with Gasteiger partial charge >= 0.3 is 0 Å². The van der Waals surface area contributed by atoms with Gasteiger partial charge in [-0.15, -0.1) is 0 Å². The molecule has 0 bridgehead atoms. The number of rotatable bonds is 10. The molecule has 0 spiro atoms. The van der Waals surface area contributed by atoms with Crippen molar-refractivity contribution in [2.45, 2.75) is 31.2 Å². The first kappa shape index (κ1) is 24.0. The van der Waals surface area contributed by atoms with Crippen molar-refractivity contribution in [3.05, 3.63) is 72.3 Å². The van der Waals surface area contributed by atoms with Gasteiger partial charge in [0.05, 0.1) is 19.8 Å². The predicted molar refractivity (Wildman–Crippen MR) is 123 cm³/mol. The van der Waals surface area contributed by atoms with E-state index in [4.69, 9.17) is 14.2 Å². The third-order valence-corrected chi connectivity index (χ3v) is 5.89. The summed E-state index contributed by atoms with van der Waals surface area (Å²) >= 11 is 0. The monoisotopic (exact) mass is 471 g/mol. The lowest BCUT2D eigenvalue weighted by molar-refractivity contribution is -0.140. The number of piperidine rings is 1. The lowest BCUT2D eigenvalue weighted by atomic mass is 9.90. The fraction of sp³-hybridized carbons (Fsp3) is 0.400. The minimum absolute atomic E-state index is 0.140. The minimum atomic E-state index is -1.47. The molecule has 0 unspecified atom stereocenters. The molecule has 2 aromatic carbocycles. The molecule has 1 aliphatic heterocycles. The van der Waals surface area contributed by atoms with Crippen LogP contribution < -0.4 is 14.2 Å². The first-order valence-corrected chi connectivity index (χ1v) is 11.2. The highest BCUT2D eigenvalue weighted by Gasteiger charge is 2.42. The van der Waals surface area contributed by atoms with Gasteiger partial charge in [0.15, 0.2) is 11.5 Å². The molecule has 1 aliphatic rings. The molecule has 3 aromatic rings. The van der Waals surface area contributed by atoms with Crippen LogP contribution in [0.1, 0.15) is 12.0 Å². The highest BCUT2D eigenvalue weighted by atomic mass is 19.1. The summed E-state index contributed by atoms with van der Waals surface area (Å²) in [6.45, 7) is 2.29. The highest BCUT2D eigenvalue weighted by Crippen LogP contribution is 2.30. The second-order valence-corrected chi connectivity index (χ2v) is 8.47. The number of β-amino-alcohol motifs (C(OH)–C–C–N with tert-alkyl or cyclic N) is 1. The van der Waals surface area contributed by atoms with E-state index in [1.807, 2.05) is 30.5 Å².